The van der Waals surface area contributed by atoms with Crippen LogP contribution in [0.3, 0.4) is 0 Å². The van der Waals surface area contributed by atoms with Crippen molar-refractivity contribution in [3.8, 4) is 22.0 Å². The van der Waals surface area contributed by atoms with E-state index in [1.807, 2.05) is 56.3 Å². The van der Waals surface area contributed by atoms with E-state index in [9.17, 15) is 4.79 Å². The van der Waals surface area contributed by atoms with Gasteiger partial charge in [-0.05, 0) is 26.0 Å². The van der Waals surface area contributed by atoms with E-state index in [4.69, 9.17) is 0 Å². The summed E-state index contributed by atoms with van der Waals surface area (Å²) in [6, 6.07) is 13.8. The summed E-state index contributed by atoms with van der Waals surface area (Å²) in [7, 11) is 1.78. The SMILES string of the molecule is CC(C)N(C)C(=O)c1csc(-c2ccc(-c3ccccc3)nn2)n1. The lowest BCUT2D eigenvalue weighted by Crippen LogP contribution is -2.33. The highest BCUT2D eigenvalue weighted by Crippen LogP contribution is 2.24. The summed E-state index contributed by atoms with van der Waals surface area (Å²) < 4.78 is 0. The Hall–Kier alpha value is -2.60. The maximum atomic E-state index is 12.3. The molecule has 1 amide bonds. The molecule has 2 heterocycles. The topological polar surface area (TPSA) is 59.0 Å². The number of benzene rings is 1. The molecule has 0 unspecified atom stereocenters. The molecule has 0 aliphatic rings. The van der Waals surface area contributed by atoms with Gasteiger partial charge < -0.3 is 4.90 Å². The lowest BCUT2D eigenvalue weighted by atomic mass is 10.1. The normalized spacial score (nSPS) is 10.8. The van der Waals surface area contributed by atoms with Gasteiger partial charge in [-0.25, -0.2) is 4.98 Å². The van der Waals surface area contributed by atoms with E-state index < -0.39 is 0 Å². The standard InChI is InChI=1S/C18H18N4OS/c1-12(2)22(3)18(23)16-11-24-17(19-16)15-10-9-14(20-21-15)13-7-5-4-6-8-13/h4-12H,1-3H3. The van der Waals surface area contributed by atoms with Crippen molar-refractivity contribution in [1.82, 2.24) is 20.1 Å². The molecule has 1 aromatic carbocycles. The van der Waals surface area contributed by atoms with Crippen molar-refractivity contribution >= 4 is 17.2 Å². The Morgan fingerprint density at radius 2 is 1.71 bits per heavy atom. The van der Waals surface area contributed by atoms with Crippen LogP contribution in [0.15, 0.2) is 47.8 Å². The van der Waals surface area contributed by atoms with Crippen LogP contribution in [0.5, 0.6) is 0 Å². The predicted molar refractivity (Wildman–Crippen MR) is 95.8 cm³/mol. The molecule has 0 spiro atoms. The van der Waals surface area contributed by atoms with Gasteiger partial charge in [0, 0.05) is 24.0 Å². The third kappa shape index (κ3) is 3.33. The first-order valence-electron chi connectivity index (χ1n) is 7.68. The summed E-state index contributed by atoms with van der Waals surface area (Å²) in [5, 5.41) is 11.0. The van der Waals surface area contributed by atoms with Gasteiger partial charge in [0.25, 0.3) is 5.91 Å². The maximum Gasteiger partial charge on any atom is 0.273 e. The third-order valence-corrected chi connectivity index (χ3v) is 4.64. The van der Waals surface area contributed by atoms with Gasteiger partial charge in [0.2, 0.25) is 0 Å². The molecule has 5 nitrogen and oxygen atoms in total. The minimum Gasteiger partial charge on any atom is -0.338 e. The Kier molecular flexibility index (Phi) is 4.66. The average Bonchev–Trinajstić information content (AvgIpc) is 3.11. The van der Waals surface area contributed by atoms with Crippen molar-refractivity contribution in [3.63, 3.8) is 0 Å². The molecule has 0 fully saturated rings. The highest BCUT2D eigenvalue weighted by Gasteiger charge is 2.18. The second kappa shape index (κ2) is 6.88. The second-order valence-corrected chi connectivity index (χ2v) is 6.58. The molecule has 3 aromatic rings. The van der Waals surface area contributed by atoms with E-state index in [1.54, 1.807) is 17.3 Å². The number of thiazole rings is 1. The lowest BCUT2D eigenvalue weighted by Gasteiger charge is -2.19. The van der Waals surface area contributed by atoms with Crippen molar-refractivity contribution in [2.75, 3.05) is 7.05 Å². The summed E-state index contributed by atoms with van der Waals surface area (Å²) in [4.78, 5) is 18.4. The van der Waals surface area contributed by atoms with Gasteiger partial charge in [-0.1, -0.05) is 30.3 Å². The minimum atomic E-state index is -0.0821. The average molecular weight is 338 g/mol. The van der Waals surface area contributed by atoms with Crippen LogP contribution in [-0.4, -0.2) is 39.1 Å². The summed E-state index contributed by atoms with van der Waals surface area (Å²) in [6.45, 7) is 3.94. The Morgan fingerprint density at radius 3 is 2.33 bits per heavy atom. The molecule has 6 heteroatoms. The van der Waals surface area contributed by atoms with Crippen LogP contribution in [0.25, 0.3) is 22.0 Å². The van der Waals surface area contributed by atoms with E-state index >= 15 is 0 Å². The van der Waals surface area contributed by atoms with Crippen molar-refractivity contribution < 1.29 is 4.79 Å². The van der Waals surface area contributed by atoms with Crippen molar-refractivity contribution in [1.29, 1.82) is 0 Å². The van der Waals surface area contributed by atoms with E-state index in [0.717, 1.165) is 11.3 Å². The van der Waals surface area contributed by atoms with E-state index in [1.165, 1.54) is 11.3 Å². The van der Waals surface area contributed by atoms with Gasteiger partial charge >= 0.3 is 0 Å². The van der Waals surface area contributed by atoms with Crippen molar-refractivity contribution in [2.45, 2.75) is 19.9 Å². The molecule has 3 rings (SSSR count). The second-order valence-electron chi connectivity index (χ2n) is 5.72. The summed E-state index contributed by atoms with van der Waals surface area (Å²) in [6.07, 6.45) is 0. The fraction of sp³-hybridized carbons (Fsp3) is 0.222. The zero-order chi connectivity index (χ0) is 17.1. The summed E-state index contributed by atoms with van der Waals surface area (Å²) in [5.41, 5.74) is 2.95. The van der Waals surface area contributed by atoms with Crippen LogP contribution in [0.1, 0.15) is 24.3 Å². The molecule has 0 N–H and O–H groups in total. The molecule has 122 valence electrons. The predicted octanol–water partition coefficient (Wildman–Crippen LogP) is 3.75. The van der Waals surface area contributed by atoms with Crippen LogP contribution in [0, 0.1) is 0 Å². The molecule has 24 heavy (non-hydrogen) atoms. The number of nitrogens with zero attached hydrogens (tertiary/aromatic N) is 4. The zero-order valence-corrected chi connectivity index (χ0v) is 14.6. The zero-order valence-electron chi connectivity index (χ0n) is 13.8. The number of hydrogen-bond donors (Lipinski definition) is 0. The van der Waals surface area contributed by atoms with Crippen LogP contribution >= 0.6 is 11.3 Å². The van der Waals surface area contributed by atoms with Crippen molar-refractivity contribution in [2.24, 2.45) is 0 Å². The van der Waals surface area contributed by atoms with Crippen LogP contribution in [-0.2, 0) is 0 Å². The highest BCUT2D eigenvalue weighted by molar-refractivity contribution is 7.13. The first kappa shape index (κ1) is 16.3. The number of rotatable bonds is 4. The Labute approximate surface area is 145 Å². The van der Waals surface area contributed by atoms with Gasteiger partial charge in [0.1, 0.15) is 16.4 Å². The summed E-state index contributed by atoms with van der Waals surface area (Å²) >= 11 is 1.40. The maximum absolute atomic E-state index is 12.3. The smallest absolute Gasteiger partial charge is 0.273 e. The molecule has 0 radical (unpaired) electrons. The third-order valence-electron chi connectivity index (χ3n) is 3.77. The number of hydrogen-bond acceptors (Lipinski definition) is 5. The molecular formula is C18H18N4OS. The van der Waals surface area contributed by atoms with E-state index in [0.29, 0.717) is 16.4 Å². The highest BCUT2D eigenvalue weighted by atomic mass is 32.1. The largest absolute Gasteiger partial charge is 0.338 e. The van der Waals surface area contributed by atoms with Gasteiger partial charge in [-0.15, -0.1) is 21.5 Å². The molecule has 0 saturated carbocycles. The van der Waals surface area contributed by atoms with Gasteiger partial charge in [-0.3, -0.25) is 4.79 Å². The van der Waals surface area contributed by atoms with Crippen LogP contribution < -0.4 is 0 Å². The monoisotopic (exact) mass is 338 g/mol. The number of aromatic nitrogens is 3. The molecule has 0 saturated heterocycles. The van der Waals surface area contributed by atoms with E-state index in [-0.39, 0.29) is 11.9 Å². The molecule has 2 aromatic heterocycles. The molecule has 0 atom stereocenters. The van der Waals surface area contributed by atoms with Gasteiger partial charge in [0.05, 0.1) is 5.69 Å². The number of amides is 1. The summed E-state index contributed by atoms with van der Waals surface area (Å²) in [5.74, 6) is -0.0821. The molecule has 0 aliphatic heterocycles. The minimum absolute atomic E-state index is 0.0821. The quantitative estimate of drug-likeness (QED) is 0.727. The first-order valence-corrected chi connectivity index (χ1v) is 8.56. The van der Waals surface area contributed by atoms with Gasteiger partial charge in [-0.2, -0.15) is 0 Å². The van der Waals surface area contributed by atoms with Crippen LogP contribution in [0.2, 0.25) is 0 Å². The number of carbonyl (C=O) groups is 1. The Morgan fingerprint density at radius 1 is 1.04 bits per heavy atom. The first-order chi connectivity index (χ1) is 11.6. The lowest BCUT2D eigenvalue weighted by molar-refractivity contribution is 0.0750. The number of carbonyl (C=O) groups excluding carboxylic acids is 1. The molecule has 0 bridgehead atoms. The Bertz CT molecular complexity index is 828. The van der Waals surface area contributed by atoms with Gasteiger partial charge in [0.15, 0.2) is 0 Å². The molecular weight excluding hydrogens is 320 g/mol. The fourth-order valence-corrected chi connectivity index (χ4v) is 2.87. The van der Waals surface area contributed by atoms with Crippen LogP contribution in [0.4, 0.5) is 0 Å². The van der Waals surface area contributed by atoms with Crippen molar-refractivity contribution in [3.05, 3.63) is 53.5 Å². The molecule has 0 aliphatic carbocycles. The fourth-order valence-electron chi connectivity index (χ4n) is 2.11. The Balaban J connectivity index is 1.82. The van der Waals surface area contributed by atoms with E-state index in [2.05, 4.69) is 15.2 Å².